The fourth-order valence-corrected chi connectivity index (χ4v) is 4.10. The van der Waals surface area contributed by atoms with Crippen LogP contribution in [-0.4, -0.2) is 31.1 Å². The van der Waals surface area contributed by atoms with Crippen molar-refractivity contribution in [3.63, 3.8) is 0 Å². The highest BCUT2D eigenvalue weighted by atomic mass is 127. The monoisotopic (exact) mass is 546 g/mol. The number of ether oxygens (including phenoxy) is 2. The maximum atomic E-state index is 13.2. The van der Waals surface area contributed by atoms with E-state index in [1.807, 2.05) is 19.9 Å². The van der Waals surface area contributed by atoms with Gasteiger partial charge in [0.15, 0.2) is 11.5 Å². The van der Waals surface area contributed by atoms with Crippen molar-refractivity contribution >= 4 is 52.2 Å². The molecule has 0 radical (unpaired) electrons. The van der Waals surface area contributed by atoms with E-state index in [1.54, 1.807) is 37.3 Å². The molecule has 1 N–H and O–H groups in total. The van der Waals surface area contributed by atoms with E-state index in [2.05, 4.69) is 34.5 Å². The summed E-state index contributed by atoms with van der Waals surface area (Å²) in [5.41, 5.74) is 2.59. The number of hydrogen-bond acceptors (Lipinski definition) is 5. The lowest BCUT2D eigenvalue weighted by Crippen LogP contribution is -2.54. The molecule has 3 rings (SSSR count). The summed E-state index contributed by atoms with van der Waals surface area (Å²) in [4.78, 5) is 39.2. The molecule has 2 aromatic rings. The van der Waals surface area contributed by atoms with Gasteiger partial charge in [0.2, 0.25) is 0 Å². The summed E-state index contributed by atoms with van der Waals surface area (Å²) in [5, 5.41) is 2.25. The molecule has 0 aromatic heterocycles. The maximum Gasteiger partial charge on any atom is 0.335 e. The number of imide groups is 2. The average Bonchev–Trinajstić information content (AvgIpc) is 2.72. The Balaban J connectivity index is 2.04. The molecule has 166 valence electrons. The molecule has 32 heavy (non-hydrogen) atoms. The van der Waals surface area contributed by atoms with Crippen LogP contribution in [0.3, 0.4) is 0 Å². The van der Waals surface area contributed by atoms with Gasteiger partial charge < -0.3 is 9.47 Å². The molecule has 7 nitrogen and oxygen atoms in total. The molecule has 8 heteroatoms. The topological polar surface area (TPSA) is 84.9 Å². The minimum atomic E-state index is -0.776. The van der Waals surface area contributed by atoms with Crippen LogP contribution in [0.15, 0.2) is 48.6 Å². The molecule has 1 fully saturated rings. The van der Waals surface area contributed by atoms with E-state index >= 15 is 0 Å². The number of barbiturate groups is 1. The van der Waals surface area contributed by atoms with Gasteiger partial charge in [-0.15, -0.1) is 0 Å². The first-order valence-corrected chi connectivity index (χ1v) is 11.0. The summed E-state index contributed by atoms with van der Waals surface area (Å²) in [7, 11) is 0. The quantitative estimate of drug-likeness (QED) is 0.239. The number of amides is 4. The number of anilines is 1. The van der Waals surface area contributed by atoms with Crippen LogP contribution in [-0.2, 0) is 9.59 Å². The van der Waals surface area contributed by atoms with Crippen LogP contribution in [0, 0.1) is 17.4 Å². The van der Waals surface area contributed by atoms with Crippen molar-refractivity contribution in [2.75, 3.05) is 18.1 Å². The van der Waals surface area contributed by atoms with Gasteiger partial charge in [-0.05, 0) is 78.8 Å². The average molecular weight is 546 g/mol. The first-order chi connectivity index (χ1) is 15.3. The van der Waals surface area contributed by atoms with Gasteiger partial charge >= 0.3 is 6.03 Å². The Bertz CT molecular complexity index is 1140. The third-order valence-corrected chi connectivity index (χ3v) is 5.48. The van der Waals surface area contributed by atoms with Crippen LogP contribution in [0.1, 0.15) is 23.6 Å². The summed E-state index contributed by atoms with van der Waals surface area (Å²) in [6.45, 7) is 9.95. The fourth-order valence-electron chi connectivity index (χ4n) is 3.32. The van der Waals surface area contributed by atoms with Gasteiger partial charge in [0.1, 0.15) is 12.2 Å². The highest BCUT2D eigenvalue weighted by Gasteiger charge is 2.37. The third kappa shape index (κ3) is 4.85. The summed E-state index contributed by atoms with van der Waals surface area (Å²) in [6, 6.07) is 8.05. The molecule has 2 aromatic carbocycles. The predicted octanol–water partition coefficient (Wildman–Crippen LogP) is 4.54. The van der Waals surface area contributed by atoms with E-state index in [0.29, 0.717) is 36.0 Å². The van der Waals surface area contributed by atoms with Gasteiger partial charge in [-0.2, -0.15) is 0 Å². The maximum absolute atomic E-state index is 13.2. The summed E-state index contributed by atoms with van der Waals surface area (Å²) >= 11 is 2.10. The molecule has 1 aliphatic rings. The number of benzene rings is 2. The largest absolute Gasteiger partial charge is 0.490 e. The van der Waals surface area contributed by atoms with Crippen molar-refractivity contribution in [1.29, 1.82) is 0 Å². The number of rotatable bonds is 7. The van der Waals surface area contributed by atoms with Crippen molar-refractivity contribution in [3.8, 4) is 11.5 Å². The lowest BCUT2D eigenvalue weighted by molar-refractivity contribution is -0.122. The zero-order valence-electron chi connectivity index (χ0n) is 18.0. The Kier molecular flexibility index (Phi) is 7.34. The van der Waals surface area contributed by atoms with E-state index in [0.717, 1.165) is 19.6 Å². The lowest BCUT2D eigenvalue weighted by atomic mass is 10.0. The van der Waals surface area contributed by atoms with Crippen molar-refractivity contribution in [2.24, 2.45) is 0 Å². The first-order valence-electron chi connectivity index (χ1n) is 9.95. The molecule has 0 spiro atoms. The Morgan fingerprint density at radius 3 is 2.53 bits per heavy atom. The molecule has 1 saturated heterocycles. The molecule has 0 aliphatic carbocycles. The van der Waals surface area contributed by atoms with Crippen LogP contribution in [0.2, 0.25) is 0 Å². The third-order valence-electron chi connectivity index (χ3n) is 4.68. The molecule has 0 atom stereocenters. The normalized spacial score (nSPS) is 15.1. The molecular formula is C24H23IN2O5. The number of urea groups is 1. The van der Waals surface area contributed by atoms with Gasteiger partial charge in [-0.1, -0.05) is 30.4 Å². The fraction of sp³-hybridized carbons (Fsp3) is 0.208. The summed E-state index contributed by atoms with van der Waals surface area (Å²) in [6.07, 6.45) is 3.08. The number of nitrogens with zero attached hydrogens (tertiary/aromatic N) is 1. The van der Waals surface area contributed by atoms with Crippen LogP contribution >= 0.6 is 22.6 Å². The van der Waals surface area contributed by atoms with E-state index < -0.39 is 17.8 Å². The van der Waals surface area contributed by atoms with Crippen molar-refractivity contribution in [3.05, 3.63) is 68.8 Å². The number of carbonyl (C=O) groups excluding carboxylic acids is 3. The smallest absolute Gasteiger partial charge is 0.335 e. The van der Waals surface area contributed by atoms with Crippen molar-refractivity contribution < 1.29 is 23.9 Å². The molecule has 0 unspecified atom stereocenters. The minimum Gasteiger partial charge on any atom is -0.490 e. The molecule has 0 bridgehead atoms. The first kappa shape index (κ1) is 23.5. The molecule has 1 heterocycles. The second kappa shape index (κ2) is 9.99. The Morgan fingerprint density at radius 1 is 1.12 bits per heavy atom. The number of hydrogen-bond donors (Lipinski definition) is 1. The Morgan fingerprint density at radius 2 is 1.88 bits per heavy atom. The summed E-state index contributed by atoms with van der Waals surface area (Å²) < 4.78 is 12.1. The number of halogens is 1. The lowest BCUT2D eigenvalue weighted by Gasteiger charge is -2.27. The van der Waals surface area contributed by atoms with Crippen LogP contribution in [0.4, 0.5) is 10.5 Å². The predicted molar refractivity (Wildman–Crippen MR) is 131 cm³/mol. The summed E-state index contributed by atoms with van der Waals surface area (Å²) in [5.74, 6) is -0.397. The van der Waals surface area contributed by atoms with E-state index in [-0.39, 0.29) is 5.57 Å². The molecule has 4 amide bonds. The molecule has 1 aliphatic heterocycles. The van der Waals surface area contributed by atoms with Crippen LogP contribution < -0.4 is 19.7 Å². The Hall–Kier alpha value is -3.14. The van der Waals surface area contributed by atoms with Gasteiger partial charge in [0.25, 0.3) is 11.8 Å². The second-order valence-corrected chi connectivity index (χ2v) is 8.27. The highest BCUT2D eigenvalue weighted by Crippen LogP contribution is 2.35. The van der Waals surface area contributed by atoms with Crippen molar-refractivity contribution in [2.45, 2.75) is 20.8 Å². The molecular weight excluding hydrogens is 523 g/mol. The number of carbonyl (C=O) groups is 3. The van der Waals surface area contributed by atoms with E-state index in [9.17, 15) is 14.4 Å². The van der Waals surface area contributed by atoms with Crippen molar-refractivity contribution in [1.82, 2.24) is 5.32 Å². The second-order valence-electron chi connectivity index (χ2n) is 7.11. The standard InChI is InChI=1S/C24H23IN2O5/c1-5-9-32-21-18(25)12-16(13-20(21)31-6-2)11-17-22(28)26-24(30)27(23(17)29)19-8-7-14(3)10-15(19)4/h5,7-8,10-13H,1,6,9H2,2-4H3,(H,26,28,30)/b17-11+. The Labute approximate surface area is 200 Å². The van der Waals surface area contributed by atoms with E-state index in [4.69, 9.17) is 9.47 Å². The van der Waals surface area contributed by atoms with Gasteiger partial charge in [0.05, 0.1) is 15.9 Å². The zero-order chi connectivity index (χ0) is 23.4. The SMILES string of the molecule is C=CCOc1c(I)cc(/C=C2\C(=O)NC(=O)N(c3ccc(C)cc3C)C2=O)cc1OCC. The highest BCUT2D eigenvalue weighted by molar-refractivity contribution is 14.1. The molecule has 0 saturated carbocycles. The number of nitrogens with one attached hydrogen (secondary N) is 1. The van der Waals surface area contributed by atoms with Crippen LogP contribution in [0.5, 0.6) is 11.5 Å². The van der Waals surface area contributed by atoms with Gasteiger partial charge in [-0.25, -0.2) is 9.69 Å². The zero-order valence-corrected chi connectivity index (χ0v) is 20.2. The van der Waals surface area contributed by atoms with E-state index in [1.165, 1.54) is 6.08 Å². The van der Waals surface area contributed by atoms with Gasteiger partial charge in [-0.3, -0.25) is 14.9 Å². The van der Waals surface area contributed by atoms with Crippen LogP contribution in [0.25, 0.3) is 6.08 Å². The number of aryl methyl sites for hydroxylation is 2. The minimum absolute atomic E-state index is 0.150. The van der Waals surface area contributed by atoms with Gasteiger partial charge in [0, 0.05) is 0 Å².